The van der Waals surface area contributed by atoms with Crippen LogP contribution in [0.25, 0.3) is 0 Å². The zero-order valence-corrected chi connectivity index (χ0v) is 17.5. The average molecular weight is 409 g/mol. The van der Waals surface area contributed by atoms with E-state index >= 15 is 0 Å². The number of esters is 1. The highest BCUT2D eigenvalue weighted by Crippen LogP contribution is 2.59. The summed E-state index contributed by atoms with van der Waals surface area (Å²) in [4.78, 5) is 28.3. The van der Waals surface area contributed by atoms with Gasteiger partial charge in [0.2, 0.25) is 5.91 Å². The Kier molecular flexibility index (Phi) is 5.78. The molecule has 5 rings (SSSR count). The van der Waals surface area contributed by atoms with Crippen molar-refractivity contribution < 1.29 is 14.3 Å². The molecule has 1 aromatic heterocycles. The summed E-state index contributed by atoms with van der Waals surface area (Å²) in [5.74, 6) is 2.96. The zero-order chi connectivity index (χ0) is 18.9. The fourth-order valence-corrected chi connectivity index (χ4v) is 7.44. The number of nitrogens with zero attached hydrogens (tertiary/aromatic N) is 1. The van der Waals surface area contributed by atoms with Crippen molar-refractivity contribution in [1.82, 2.24) is 10.3 Å². The van der Waals surface area contributed by atoms with Crippen molar-refractivity contribution in [2.24, 2.45) is 23.2 Å². The van der Waals surface area contributed by atoms with E-state index in [1.807, 2.05) is 5.38 Å². The molecule has 1 N–H and O–H groups in total. The number of hydrogen-bond donors (Lipinski definition) is 1. The van der Waals surface area contributed by atoms with E-state index in [4.69, 9.17) is 4.74 Å². The average Bonchev–Trinajstić information content (AvgIpc) is 3.04. The van der Waals surface area contributed by atoms with Crippen molar-refractivity contribution in [1.29, 1.82) is 0 Å². The minimum absolute atomic E-state index is 0.0953. The first-order chi connectivity index (χ1) is 13.0. The smallest absolute Gasteiger partial charge is 0.311 e. The van der Waals surface area contributed by atoms with Gasteiger partial charge in [-0.05, 0) is 68.6 Å². The van der Waals surface area contributed by atoms with Gasteiger partial charge in [0.05, 0.1) is 24.5 Å². The molecule has 4 aliphatic carbocycles. The fourth-order valence-electron chi connectivity index (χ4n) is 5.77. The lowest BCUT2D eigenvalue weighted by atomic mass is 9.49. The van der Waals surface area contributed by atoms with Crippen molar-refractivity contribution in [2.75, 3.05) is 18.9 Å². The van der Waals surface area contributed by atoms with Gasteiger partial charge in [0, 0.05) is 11.9 Å². The van der Waals surface area contributed by atoms with Crippen LogP contribution in [0.4, 0.5) is 0 Å². The Morgan fingerprint density at radius 3 is 2.56 bits per heavy atom. The molecule has 1 heterocycles. The molecule has 4 saturated carbocycles. The minimum atomic E-state index is -0.257. The van der Waals surface area contributed by atoms with E-state index in [1.165, 1.54) is 61.6 Å². The first kappa shape index (κ1) is 19.2. The third kappa shape index (κ3) is 4.67. The molecule has 0 aliphatic heterocycles. The molecule has 0 radical (unpaired) electrons. The molecule has 4 bridgehead atoms. The van der Waals surface area contributed by atoms with Crippen molar-refractivity contribution in [3.63, 3.8) is 0 Å². The summed E-state index contributed by atoms with van der Waals surface area (Å²) in [6.07, 6.45) is 8.44. The van der Waals surface area contributed by atoms with Crippen molar-refractivity contribution in [3.05, 3.63) is 11.1 Å². The number of ether oxygens (including phenoxy) is 1. The lowest BCUT2D eigenvalue weighted by Gasteiger charge is -2.56. The Labute approximate surface area is 169 Å². The molecule has 148 valence electrons. The third-order valence-electron chi connectivity index (χ3n) is 6.31. The Morgan fingerprint density at radius 2 is 1.93 bits per heavy atom. The Hall–Kier alpha value is -1.08. The van der Waals surface area contributed by atoms with E-state index in [0.717, 1.165) is 34.3 Å². The summed E-state index contributed by atoms with van der Waals surface area (Å²) in [6, 6.07) is 0. The molecule has 0 atom stereocenters. The number of aromatic nitrogens is 1. The minimum Gasteiger partial charge on any atom is -0.466 e. The highest BCUT2D eigenvalue weighted by atomic mass is 32.2. The summed E-state index contributed by atoms with van der Waals surface area (Å²) < 4.78 is 5.77. The van der Waals surface area contributed by atoms with Gasteiger partial charge >= 0.3 is 5.97 Å². The molecule has 0 aromatic carbocycles. The van der Waals surface area contributed by atoms with Gasteiger partial charge in [0.15, 0.2) is 4.34 Å². The maximum atomic E-state index is 12.4. The molecular formula is C20H28N2O3S2. The second-order valence-electron chi connectivity index (χ2n) is 8.57. The van der Waals surface area contributed by atoms with Crippen LogP contribution >= 0.6 is 23.1 Å². The van der Waals surface area contributed by atoms with Crippen LogP contribution in [0.5, 0.6) is 0 Å². The Bertz CT molecular complexity index is 668. The van der Waals surface area contributed by atoms with E-state index in [2.05, 4.69) is 10.3 Å². The molecule has 7 heteroatoms. The van der Waals surface area contributed by atoms with Gasteiger partial charge in [-0.3, -0.25) is 9.59 Å². The van der Waals surface area contributed by atoms with Crippen LogP contribution in [0.1, 0.15) is 51.1 Å². The van der Waals surface area contributed by atoms with Gasteiger partial charge in [0.25, 0.3) is 0 Å². The van der Waals surface area contributed by atoms with Gasteiger partial charge in [-0.25, -0.2) is 4.98 Å². The van der Waals surface area contributed by atoms with Gasteiger partial charge < -0.3 is 10.1 Å². The number of carbonyl (C=O) groups excluding carboxylic acids is 2. The van der Waals surface area contributed by atoms with Gasteiger partial charge in [-0.2, -0.15) is 0 Å². The van der Waals surface area contributed by atoms with Crippen molar-refractivity contribution >= 4 is 35.0 Å². The molecule has 1 aromatic rings. The number of thioether (sulfide) groups is 1. The van der Waals surface area contributed by atoms with Gasteiger partial charge in [0.1, 0.15) is 0 Å². The number of thiazole rings is 1. The second-order valence-corrected chi connectivity index (χ2v) is 10.7. The quantitative estimate of drug-likeness (QED) is 0.525. The highest BCUT2D eigenvalue weighted by Gasteiger charge is 2.50. The van der Waals surface area contributed by atoms with Crippen LogP contribution in [0.3, 0.4) is 0 Å². The molecule has 27 heavy (non-hydrogen) atoms. The zero-order valence-electron chi connectivity index (χ0n) is 15.9. The van der Waals surface area contributed by atoms with Gasteiger partial charge in [-0.15, -0.1) is 11.3 Å². The first-order valence-electron chi connectivity index (χ1n) is 10.0. The third-order valence-corrected chi connectivity index (χ3v) is 8.38. The first-order valence-corrected chi connectivity index (χ1v) is 11.9. The Balaban J connectivity index is 1.21. The largest absolute Gasteiger partial charge is 0.466 e. The summed E-state index contributed by atoms with van der Waals surface area (Å²) in [7, 11) is 0. The Morgan fingerprint density at radius 1 is 1.26 bits per heavy atom. The number of rotatable bonds is 8. The summed E-state index contributed by atoms with van der Waals surface area (Å²) in [5, 5.41) is 5.08. The molecule has 0 saturated heterocycles. The molecule has 1 amide bonds. The lowest BCUT2D eigenvalue weighted by molar-refractivity contribution is -0.142. The molecule has 4 fully saturated rings. The summed E-state index contributed by atoms with van der Waals surface area (Å²) >= 11 is 2.93. The number of amides is 1. The second kappa shape index (κ2) is 8.11. The van der Waals surface area contributed by atoms with E-state index in [9.17, 15) is 9.59 Å². The van der Waals surface area contributed by atoms with Crippen molar-refractivity contribution in [2.45, 2.75) is 56.2 Å². The predicted molar refractivity (Wildman–Crippen MR) is 107 cm³/mol. The maximum Gasteiger partial charge on any atom is 0.311 e. The standard InChI is InChI=1S/C20H28N2O3S2/c1-2-25-18(24)6-16-10-26-19(22-16)27-11-17(23)21-12-20-7-13-3-14(8-20)5-15(4-13)9-20/h10,13-15H,2-9,11-12H2,1H3,(H,21,23). The molecule has 0 unspecified atom stereocenters. The number of hydrogen-bond acceptors (Lipinski definition) is 6. The topological polar surface area (TPSA) is 68.3 Å². The molecule has 5 nitrogen and oxygen atoms in total. The number of nitrogens with one attached hydrogen (secondary N) is 1. The fraction of sp³-hybridized carbons (Fsp3) is 0.750. The van der Waals surface area contributed by atoms with Crippen LogP contribution in [-0.4, -0.2) is 35.8 Å². The molecular weight excluding hydrogens is 380 g/mol. The van der Waals surface area contributed by atoms with E-state index in [1.54, 1.807) is 6.92 Å². The number of carbonyl (C=O) groups is 2. The van der Waals surface area contributed by atoms with Crippen LogP contribution in [0.15, 0.2) is 9.72 Å². The normalized spacial score (nSPS) is 31.1. The van der Waals surface area contributed by atoms with Crippen LogP contribution < -0.4 is 5.32 Å². The van der Waals surface area contributed by atoms with Crippen molar-refractivity contribution in [3.8, 4) is 0 Å². The molecule has 4 aliphatic rings. The van der Waals surface area contributed by atoms with Gasteiger partial charge in [-0.1, -0.05) is 11.8 Å². The van der Waals surface area contributed by atoms with E-state index in [0.29, 0.717) is 17.8 Å². The lowest BCUT2D eigenvalue weighted by Crippen LogP contribution is -2.51. The SMILES string of the molecule is CCOC(=O)Cc1csc(SCC(=O)NCC23CC4CC(CC(C4)C2)C3)n1. The maximum absolute atomic E-state index is 12.4. The molecule has 0 spiro atoms. The van der Waals surface area contributed by atoms with Crippen LogP contribution in [-0.2, 0) is 20.7 Å². The highest BCUT2D eigenvalue weighted by molar-refractivity contribution is 8.01. The summed E-state index contributed by atoms with van der Waals surface area (Å²) in [6.45, 7) is 3.03. The predicted octanol–water partition coefficient (Wildman–Crippen LogP) is 3.67. The summed E-state index contributed by atoms with van der Waals surface area (Å²) in [5.41, 5.74) is 1.10. The van der Waals surface area contributed by atoms with Crippen LogP contribution in [0, 0.1) is 23.2 Å². The van der Waals surface area contributed by atoms with Crippen LogP contribution in [0.2, 0.25) is 0 Å². The van der Waals surface area contributed by atoms with E-state index < -0.39 is 0 Å². The van der Waals surface area contributed by atoms with E-state index in [-0.39, 0.29) is 18.3 Å². The monoisotopic (exact) mass is 408 g/mol.